The molecule has 0 unspecified atom stereocenters. The summed E-state index contributed by atoms with van der Waals surface area (Å²) in [5, 5.41) is 0. The Labute approximate surface area is 115 Å². The molecule has 20 heavy (non-hydrogen) atoms. The van der Waals surface area contributed by atoms with Gasteiger partial charge in [-0.15, -0.1) is 5.46 Å². The maximum absolute atomic E-state index is 12.6. The normalized spacial score (nSPS) is 11.4. The summed E-state index contributed by atoms with van der Waals surface area (Å²) in [7, 11) is 0. The van der Waals surface area contributed by atoms with Gasteiger partial charge < -0.3 is 17.7 Å². The molecule has 0 aliphatic heterocycles. The lowest BCUT2D eigenvalue weighted by Gasteiger charge is -2.17. The number of halogens is 3. The van der Waals surface area contributed by atoms with Crippen LogP contribution in [0.4, 0.5) is 12.9 Å². The van der Waals surface area contributed by atoms with Crippen LogP contribution in [0, 0.1) is 6.92 Å². The fourth-order valence-corrected chi connectivity index (χ4v) is 1.87. The van der Waals surface area contributed by atoms with E-state index in [1.807, 2.05) is 12.1 Å². The van der Waals surface area contributed by atoms with Crippen LogP contribution in [0.5, 0.6) is 5.75 Å². The predicted octanol–water partition coefficient (Wildman–Crippen LogP) is 3.07. The molecule has 0 saturated heterocycles. The number of aromatic nitrogens is 1. The molecular weight excluding hydrogens is 266 g/mol. The molecule has 6 heteroatoms. The predicted molar refractivity (Wildman–Crippen MR) is 73.3 cm³/mol. The Bertz CT molecular complexity index is 572. The van der Waals surface area contributed by atoms with E-state index in [1.54, 1.807) is 19.3 Å². The summed E-state index contributed by atoms with van der Waals surface area (Å²) < 4.78 is 43.3. The van der Waals surface area contributed by atoms with Gasteiger partial charge in [0.25, 0.3) is 0 Å². The summed E-state index contributed by atoms with van der Waals surface area (Å²) in [4.78, 5) is 3.91. The van der Waals surface area contributed by atoms with E-state index >= 15 is 0 Å². The molecule has 2 aromatic rings. The number of ether oxygens (including phenoxy) is 1. The highest BCUT2D eigenvalue weighted by molar-refractivity contribution is 6.73. The Morgan fingerprint density at radius 2 is 1.80 bits per heavy atom. The zero-order chi connectivity index (χ0) is 14.6. The third kappa shape index (κ3) is 3.76. The second kappa shape index (κ2) is 5.99. The minimum Gasteiger partial charge on any atom is -0.493 e. The van der Waals surface area contributed by atoms with Gasteiger partial charge in [-0.25, -0.2) is 0 Å². The minimum atomic E-state index is -4.96. The Hall–Kier alpha value is -1.98. The van der Waals surface area contributed by atoms with Crippen LogP contribution in [0.1, 0.15) is 11.1 Å². The number of rotatable bonds is 5. The lowest BCUT2D eigenvalue weighted by atomic mass is 9.79. The molecule has 0 amide bonds. The van der Waals surface area contributed by atoms with Crippen molar-refractivity contribution < 1.29 is 17.7 Å². The average molecular weight is 280 g/mol. The molecule has 2 nitrogen and oxygen atoms in total. The van der Waals surface area contributed by atoms with Crippen molar-refractivity contribution >= 4 is 12.4 Å². The molecular formula is C14H14BF3NO-. The smallest absolute Gasteiger partial charge is 0.493 e. The van der Waals surface area contributed by atoms with Crippen LogP contribution in [0.25, 0.3) is 0 Å². The lowest BCUT2D eigenvalue weighted by molar-refractivity contribution is 0.320. The molecule has 0 atom stereocenters. The van der Waals surface area contributed by atoms with Gasteiger partial charge in [-0.2, -0.15) is 0 Å². The maximum Gasteiger partial charge on any atom is 0.509 e. The Kier molecular flexibility index (Phi) is 4.32. The van der Waals surface area contributed by atoms with Gasteiger partial charge in [0.1, 0.15) is 5.75 Å². The highest BCUT2D eigenvalue weighted by Crippen LogP contribution is 2.19. The molecule has 1 aromatic carbocycles. The standard InChI is InChI=1S/C14H14BF3NO/c1-11-10-13(15(16,17)18)2-3-14(11)20-9-6-12-4-7-19-8-5-12/h2-5,7-8,10H,6,9H2,1H3/q-1. The van der Waals surface area contributed by atoms with Crippen LogP contribution in [0.15, 0.2) is 42.7 Å². The second-order valence-electron chi connectivity index (χ2n) is 4.55. The monoisotopic (exact) mass is 280 g/mol. The molecule has 0 bridgehead atoms. The Morgan fingerprint density at radius 3 is 2.40 bits per heavy atom. The Balaban J connectivity index is 1.97. The first-order valence-electron chi connectivity index (χ1n) is 6.29. The van der Waals surface area contributed by atoms with Gasteiger partial charge in [-0.05, 0) is 36.2 Å². The number of hydrogen-bond donors (Lipinski definition) is 0. The van der Waals surface area contributed by atoms with Crippen molar-refractivity contribution in [2.45, 2.75) is 13.3 Å². The van der Waals surface area contributed by atoms with Gasteiger partial charge in [0.2, 0.25) is 0 Å². The zero-order valence-electron chi connectivity index (χ0n) is 11.0. The van der Waals surface area contributed by atoms with Crippen molar-refractivity contribution in [1.29, 1.82) is 0 Å². The van der Waals surface area contributed by atoms with Crippen molar-refractivity contribution in [3.8, 4) is 5.75 Å². The van der Waals surface area contributed by atoms with E-state index in [4.69, 9.17) is 4.74 Å². The van der Waals surface area contributed by atoms with Crippen molar-refractivity contribution in [2.75, 3.05) is 6.61 Å². The van der Waals surface area contributed by atoms with E-state index in [-0.39, 0.29) is 0 Å². The van der Waals surface area contributed by atoms with Crippen molar-refractivity contribution in [1.82, 2.24) is 4.98 Å². The summed E-state index contributed by atoms with van der Waals surface area (Å²) in [6.45, 7) is -2.92. The van der Waals surface area contributed by atoms with Crippen LogP contribution in [-0.4, -0.2) is 18.6 Å². The molecule has 0 saturated carbocycles. The fraction of sp³-hybridized carbons (Fsp3) is 0.214. The van der Waals surface area contributed by atoms with Gasteiger partial charge >= 0.3 is 6.98 Å². The summed E-state index contributed by atoms with van der Waals surface area (Å²) in [5.41, 5.74) is 0.980. The van der Waals surface area contributed by atoms with Gasteiger partial charge in [0.15, 0.2) is 0 Å². The quantitative estimate of drug-likeness (QED) is 0.785. The van der Waals surface area contributed by atoms with Gasteiger partial charge in [-0.3, -0.25) is 4.98 Å². The van der Waals surface area contributed by atoms with Crippen LogP contribution in [-0.2, 0) is 6.42 Å². The number of hydrogen-bond acceptors (Lipinski definition) is 2. The van der Waals surface area contributed by atoms with E-state index < -0.39 is 12.4 Å². The van der Waals surface area contributed by atoms with E-state index in [2.05, 4.69) is 4.98 Å². The fourth-order valence-electron chi connectivity index (χ4n) is 1.87. The molecule has 2 rings (SSSR count). The van der Waals surface area contributed by atoms with E-state index in [1.165, 1.54) is 6.07 Å². The molecule has 0 spiro atoms. The number of aryl methyl sites for hydroxylation is 1. The first-order valence-corrected chi connectivity index (χ1v) is 6.29. The molecule has 1 aromatic heterocycles. The highest BCUT2D eigenvalue weighted by atomic mass is 19.4. The van der Waals surface area contributed by atoms with Crippen LogP contribution >= 0.6 is 0 Å². The van der Waals surface area contributed by atoms with E-state index in [0.717, 1.165) is 17.7 Å². The van der Waals surface area contributed by atoms with Crippen LogP contribution in [0.3, 0.4) is 0 Å². The Morgan fingerprint density at radius 1 is 1.10 bits per heavy atom. The lowest BCUT2D eigenvalue weighted by Crippen LogP contribution is -2.34. The number of nitrogens with zero attached hydrogens (tertiary/aromatic N) is 1. The van der Waals surface area contributed by atoms with Crippen molar-refractivity contribution in [2.24, 2.45) is 0 Å². The number of benzene rings is 1. The SMILES string of the molecule is Cc1cc([B-](F)(F)F)ccc1OCCc1ccncc1. The molecule has 1 heterocycles. The van der Waals surface area contributed by atoms with Crippen LogP contribution in [0.2, 0.25) is 0 Å². The minimum absolute atomic E-state index is 0.418. The van der Waals surface area contributed by atoms with E-state index in [9.17, 15) is 12.9 Å². The van der Waals surface area contributed by atoms with Gasteiger partial charge in [-0.1, -0.05) is 12.1 Å². The van der Waals surface area contributed by atoms with Gasteiger partial charge in [0.05, 0.1) is 6.61 Å². The molecule has 106 valence electrons. The molecule has 0 N–H and O–H groups in total. The average Bonchev–Trinajstić information content (AvgIpc) is 2.40. The molecule has 0 fully saturated rings. The van der Waals surface area contributed by atoms with E-state index in [0.29, 0.717) is 24.3 Å². The molecule has 0 aliphatic rings. The summed E-state index contributed by atoms with van der Waals surface area (Å²) in [6.07, 6.45) is 4.08. The molecule has 0 radical (unpaired) electrons. The van der Waals surface area contributed by atoms with Crippen molar-refractivity contribution in [3.63, 3.8) is 0 Å². The van der Waals surface area contributed by atoms with Crippen LogP contribution < -0.4 is 10.2 Å². The largest absolute Gasteiger partial charge is 0.509 e. The first kappa shape index (κ1) is 14.4. The highest BCUT2D eigenvalue weighted by Gasteiger charge is 2.25. The second-order valence-corrected chi connectivity index (χ2v) is 4.55. The topological polar surface area (TPSA) is 22.1 Å². The van der Waals surface area contributed by atoms with Gasteiger partial charge in [0, 0.05) is 18.8 Å². The molecule has 0 aliphatic carbocycles. The third-order valence-electron chi connectivity index (χ3n) is 2.97. The third-order valence-corrected chi connectivity index (χ3v) is 2.97. The first-order chi connectivity index (χ1) is 9.47. The van der Waals surface area contributed by atoms with Crippen molar-refractivity contribution in [3.05, 3.63) is 53.9 Å². The summed E-state index contributed by atoms with van der Waals surface area (Å²) >= 11 is 0. The summed E-state index contributed by atoms with van der Waals surface area (Å²) in [6, 6.07) is 7.33. The maximum atomic E-state index is 12.6. The summed E-state index contributed by atoms with van der Waals surface area (Å²) in [5.74, 6) is 0.489. The zero-order valence-corrected chi connectivity index (χ0v) is 11.0. The number of pyridine rings is 1.